The standard InChI is InChI=1S/C23H25N3O4S2/c1-17-7-9-21(10-8-17)32(28,29)25-23-26(11-13-31-23)16-18-4-2-5-19(14-18)22(27)24-15-20-6-3-12-30-20/h2,4-5,7-11,13-14,20H,3,6,12,15-16H2,1H3,(H,24,27). The highest BCUT2D eigenvalue weighted by atomic mass is 32.2. The molecule has 0 aliphatic carbocycles. The molecule has 1 saturated heterocycles. The largest absolute Gasteiger partial charge is 0.376 e. The molecule has 168 valence electrons. The number of amides is 1. The Morgan fingerprint density at radius 3 is 2.81 bits per heavy atom. The normalized spacial score (nSPS) is 16.9. The molecule has 1 N–H and O–H groups in total. The van der Waals surface area contributed by atoms with Crippen molar-refractivity contribution in [3.8, 4) is 0 Å². The van der Waals surface area contributed by atoms with Crippen LogP contribution in [0.2, 0.25) is 0 Å². The summed E-state index contributed by atoms with van der Waals surface area (Å²) >= 11 is 1.25. The molecule has 0 spiro atoms. The molecule has 3 aromatic rings. The fraction of sp³-hybridized carbons (Fsp3) is 0.304. The summed E-state index contributed by atoms with van der Waals surface area (Å²) in [6.45, 7) is 3.55. The first-order valence-corrected chi connectivity index (χ1v) is 12.7. The van der Waals surface area contributed by atoms with Gasteiger partial charge in [0.15, 0.2) is 0 Å². The van der Waals surface area contributed by atoms with Crippen LogP contribution in [0.4, 0.5) is 0 Å². The Balaban J connectivity index is 1.50. The third-order valence-electron chi connectivity index (χ3n) is 5.23. The molecule has 32 heavy (non-hydrogen) atoms. The van der Waals surface area contributed by atoms with E-state index in [0.717, 1.165) is 30.6 Å². The lowest BCUT2D eigenvalue weighted by Gasteiger charge is -2.11. The van der Waals surface area contributed by atoms with E-state index in [2.05, 4.69) is 9.71 Å². The van der Waals surface area contributed by atoms with Gasteiger partial charge in [-0.15, -0.1) is 15.7 Å². The monoisotopic (exact) mass is 471 g/mol. The molecule has 4 rings (SSSR count). The molecule has 2 aromatic carbocycles. The number of hydrogen-bond donors (Lipinski definition) is 1. The molecular weight excluding hydrogens is 446 g/mol. The van der Waals surface area contributed by atoms with Crippen molar-refractivity contribution in [1.29, 1.82) is 0 Å². The smallest absolute Gasteiger partial charge is 0.285 e. The molecule has 0 bridgehead atoms. The third-order valence-corrected chi connectivity index (χ3v) is 7.42. The first kappa shape index (κ1) is 22.4. The van der Waals surface area contributed by atoms with E-state index in [9.17, 15) is 13.2 Å². The maximum Gasteiger partial charge on any atom is 0.285 e. The van der Waals surface area contributed by atoms with Gasteiger partial charge in [-0.05, 0) is 49.6 Å². The Morgan fingerprint density at radius 1 is 1.25 bits per heavy atom. The highest BCUT2D eigenvalue weighted by molar-refractivity contribution is 7.90. The van der Waals surface area contributed by atoms with Crippen LogP contribution in [0.3, 0.4) is 0 Å². The van der Waals surface area contributed by atoms with Crippen molar-refractivity contribution < 1.29 is 17.9 Å². The van der Waals surface area contributed by atoms with Crippen molar-refractivity contribution >= 4 is 27.3 Å². The van der Waals surface area contributed by atoms with Gasteiger partial charge < -0.3 is 14.6 Å². The highest BCUT2D eigenvalue weighted by Gasteiger charge is 2.17. The quantitative estimate of drug-likeness (QED) is 0.573. The fourth-order valence-electron chi connectivity index (χ4n) is 3.48. The maximum absolute atomic E-state index is 12.7. The second-order valence-corrected chi connectivity index (χ2v) is 10.2. The Hall–Kier alpha value is -2.75. The first-order chi connectivity index (χ1) is 15.4. The zero-order valence-corrected chi connectivity index (χ0v) is 19.4. The summed E-state index contributed by atoms with van der Waals surface area (Å²) in [6, 6.07) is 13.9. The van der Waals surface area contributed by atoms with Crippen LogP contribution in [0.1, 0.15) is 34.3 Å². The van der Waals surface area contributed by atoms with Crippen molar-refractivity contribution in [3.05, 3.63) is 81.6 Å². The number of ether oxygens (including phenoxy) is 1. The highest BCUT2D eigenvalue weighted by Crippen LogP contribution is 2.14. The van der Waals surface area contributed by atoms with Crippen molar-refractivity contribution in [1.82, 2.24) is 9.88 Å². The summed E-state index contributed by atoms with van der Waals surface area (Å²) in [5, 5.41) is 4.72. The van der Waals surface area contributed by atoms with Crippen LogP contribution in [-0.4, -0.2) is 38.1 Å². The lowest BCUT2D eigenvalue weighted by molar-refractivity contribution is 0.0857. The minimum absolute atomic E-state index is 0.0862. The van der Waals surface area contributed by atoms with E-state index in [0.29, 0.717) is 23.5 Å². The SMILES string of the molecule is Cc1ccc(S(=O)(=O)N=c2sccn2Cc2cccc(C(=O)NCC3CCCO3)c2)cc1. The Labute approximate surface area is 191 Å². The minimum Gasteiger partial charge on any atom is -0.376 e. The molecule has 1 unspecified atom stereocenters. The van der Waals surface area contributed by atoms with Gasteiger partial charge in [-0.1, -0.05) is 29.8 Å². The van der Waals surface area contributed by atoms with Crippen LogP contribution < -0.4 is 10.1 Å². The summed E-state index contributed by atoms with van der Waals surface area (Å²) < 4.78 is 36.8. The fourth-order valence-corrected chi connectivity index (χ4v) is 5.43. The Kier molecular flexibility index (Phi) is 6.88. The van der Waals surface area contributed by atoms with Gasteiger partial charge in [-0.25, -0.2) is 0 Å². The van der Waals surface area contributed by atoms with Gasteiger partial charge in [-0.2, -0.15) is 8.42 Å². The number of rotatable bonds is 7. The molecule has 1 aliphatic rings. The number of nitrogens with zero attached hydrogens (tertiary/aromatic N) is 2. The van der Waals surface area contributed by atoms with Gasteiger partial charge in [0, 0.05) is 36.8 Å². The van der Waals surface area contributed by atoms with Crippen molar-refractivity contribution in [2.45, 2.75) is 37.3 Å². The zero-order chi connectivity index (χ0) is 22.6. The molecule has 1 aromatic heterocycles. The lowest BCUT2D eigenvalue weighted by atomic mass is 10.1. The van der Waals surface area contributed by atoms with Crippen LogP contribution in [0.5, 0.6) is 0 Å². The molecule has 9 heteroatoms. The summed E-state index contributed by atoms with van der Waals surface area (Å²) in [6.07, 6.45) is 3.87. The number of carbonyl (C=O) groups is 1. The van der Waals surface area contributed by atoms with Crippen LogP contribution in [-0.2, 0) is 21.3 Å². The molecule has 1 fully saturated rings. The molecule has 1 aliphatic heterocycles. The molecule has 2 heterocycles. The summed E-state index contributed by atoms with van der Waals surface area (Å²) in [4.78, 5) is 13.1. The van der Waals surface area contributed by atoms with E-state index in [4.69, 9.17) is 4.74 Å². The Morgan fingerprint density at radius 2 is 2.06 bits per heavy atom. The average molecular weight is 472 g/mol. The van der Waals surface area contributed by atoms with Gasteiger partial charge in [0.05, 0.1) is 11.0 Å². The van der Waals surface area contributed by atoms with Crippen molar-refractivity contribution in [2.75, 3.05) is 13.2 Å². The van der Waals surface area contributed by atoms with Crippen LogP contribution in [0.15, 0.2) is 69.4 Å². The van der Waals surface area contributed by atoms with Crippen LogP contribution in [0.25, 0.3) is 0 Å². The molecule has 0 saturated carbocycles. The number of nitrogens with one attached hydrogen (secondary N) is 1. The van der Waals surface area contributed by atoms with E-state index >= 15 is 0 Å². The third kappa shape index (κ3) is 5.53. The summed E-state index contributed by atoms with van der Waals surface area (Å²) in [5.74, 6) is -0.149. The number of sulfonamides is 1. The van der Waals surface area contributed by atoms with E-state index in [-0.39, 0.29) is 16.9 Å². The number of aryl methyl sites for hydroxylation is 1. The first-order valence-electron chi connectivity index (χ1n) is 10.4. The van der Waals surface area contributed by atoms with E-state index in [1.807, 2.05) is 25.1 Å². The molecule has 0 radical (unpaired) electrons. The molecule has 1 atom stereocenters. The molecular formula is C23H25N3O4S2. The molecule has 7 nitrogen and oxygen atoms in total. The number of carbonyl (C=O) groups excluding carboxylic acids is 1. The van der Waals surface area contributed by atoms with Crippen LogP contribution in [0, 0.1) is 6.92 Å². The predicted molar refractivity (Wildman–Crippen MR) is 123 cm³/mol. The molecule has 1 amide bonds. The summed E-state index contributed by atoms with van der Waals surface area (Å²) in [7, 11) is -3.81. The van der Waals surface area contributed by atoms with E-state index < -0.39 is 10.0 Å². The van der Waals surface area contributed by atoms with Gasteiger partial charge in [-0.3, -0.25) is 4.79 Å². The van der Waals surface area contributed by atoms with Gasteiger partial charge in [0.1, 0.15) is 0 Å². The second-order valence-electron chi connectivity index (χ2n) is 7.74. The van der Waals surface area contributed by atoms with Gasteiger partial charge in [0.2, 0.25) is 4.80 Å². The average Bonchev–Trinajstić information content (AvgIpc) is 3.45. The predicted octanol–water partition coefficient (Wildman–Crippen LogP) is 3.10. The van der Waals surface area contributed by atoms with Crippen molar-refractivity contribution in [2.24, 2.45) is 4.40 Å². The van der Waals surface area contributed by atoms with Crippen molar-refractivity contribution in [3.63, 3.8) is 0 Å². The van der Waals surface area contributed by atoms with E-state index in [1.54, 1.807) is 46.5 Å². The number of hydrogen-bond acceptors (Lipinski definition) is 5. The minimum atomic E-state index is -3.81. The number of thiazole rings is 1. The Bertz CT molecular complexity index is 1250. The zero-order valence-electron chi connectivity index (χ0n) is 17.7. The summed E-state index contributed by atoms with van der Waals surface area (Å²) in [5.41, 5.74) is 2.42. The van der Waals surface area contributed by atoms with E-state index in [1.165, 1.54) is 11.3 Å². The van der Waals surface area contributed by atoms with Gasteiger partial charge in [0.25, 0.3) is 15.9 Å². The maximum atomic E-state index is 12.7. The lowest BCUT2D eigenvalue weighted by Crippen LogP contribution is -2.31. The van der Waals surface area contributed by atoms with Gasteiger partial charge >= 0.3 is 0 Å². The number of aromatic nitrogens is 1. The topological polar surface area (TPSA) is 89.8 Å². The second kappa shape index (κ2) is 9.81. The number of benzene rings is 2. The van der Waals surface area contributed by atoms with Crippen LogP contribution >= 0.6 is 11.3 Å².